The van der Waals surface area contributed by atoms with E-state index < -0.39 is 0 Å². The molecule has 33 heavy (non-hydrogen) atoms. The maximum atomic E-state index is 12.6. The van der Waals surface area contributed by atoms with E-state index in [9.17, 15) is 9.59 Å². The van der Waals surface area contributed by atoms with Gasteiger partial charge in [0, 0.05) is 31.9 Å². The molecule has 1 aromatic carbocycles. The van der Waals surface area contributed by atoms with E-state index in [4.69, 9.17) is 9.52 Å². The predicted octanol–water partition coefficient (Wildman–Crippen LogP) is 2.74. The molecule has 0 unspecified atom stereocenters. The van der Waals surface area contributed by atoms with Crippen molar-refractivity contribution in [2.24, 2.45) is 5.92 Å². The number of nitrogens with one attached hydrogen (secondary N) is 1. The molecule has 0 spiro atoms. The van der Waals surface area contributed by atoms with Crippen molar-refractivity contribution < 1.29 is 14.0 Å². The van der Waals surface area contributed by atoms with Crippen LogP contribution in [0.1, 0.15) is 35.8 Å². The lowest BCUT2D eigenvalue weighted by Gasteiger charge is -2.34. The van der Waals surface area contributed by atoms with Crippen molar-refractivity contribution in [1.29, 1.82) is 0 Å². The van der Waals surface area contributed by atoms with Gasteiger partial charge in [0.25, 0.3) is 5.91 Å². The van der Waals surface area contributed by atoms with Crippen LogP contribution in [0, 0.1) is 5.92 Å². The highest BCUT2D eigenvalue weighted by molar-refractivity contribution is 5.91. The van der Waals surface area contributed by atoms with Crippen molar-refractivity contribution in [3.05, 3.63) is 71.9 Å². The van der Waals surface area contributed by atoms with Gasteiger partial charge in [-0.25, -0.2) is 4.68 Å². The number of carbonyl (C=O) groups is 2. The highest BCUT2D eigenvalue weighted by Crippen LogP contribution is 2.17. The van der Waals surface area contributed by atoms with Crippen LogP contribution >= 0.6 is 0 Å². The second-order valence-corrected chi connectivity index (χ2v) is 8.79. The number of rotatable bonds is 8. The average Bonchev–Trinajstić information content (AvgIpc) is 3.48. The molecule has 4 rings (SSSR count). The summed E-state index contributed by atoms with van der Waals surface area (Å²) in [6.45, 7) is 7.43. The third kappa shape index (κ3) is 5.90. The molecule has 0 radical (unpaired) electrons. The number of para-hydroxylation sites is 1. The molecule has 8 heteroatoms. The molecule has 1 aliphatic rings. The van der Waals surface area contributed by atoms with E-state index in [-0.39, 0.29) is 18.2 Å². The van der Waals surface area contributed by atoms with E-state index in [2.05, 4.69) is 24.1 Å². The molecule has 1 aliphatic heterocycles. The number of nitrogens with zero attached hydrogens (tertiary/aromatic N) is 4. The second kappa shape index (κ2) is 10.5. The molecule has 3 aromatic rings. The Hall–Kier alpha value is -3.39. The van der Waals surface area contributed by atoms with Crippen LogP contribution in [0.4, 0.5) is 0 Å². The van der Waals surface area contributed by atoms with E-state index in [1.807, 2.05) is 41.1 Å². The van der Waals surface area contributed by atoms with E-state index >= 15 is 0 Å². The van der Waals surface area contributed by atoms with Gasteiger partial charge in [-0.15, -0.1) is 0 Å². The van der Waals surface area contributed by atoms with Gasteiger partial charge in [-0.05, 0) is 42.7 Å². The van der Waals surface area contributed by atoms with Gasteiger partial charge in [-0.2, -0.15) is 5.10 Å². The van der Waals surface area contributed by atoms with Crippen LogP contribution in [0.3, 0.4) is 0 Å². The van der Waals surface area contributed by atoms with E-state index in [1.54, 1.807) is 17.0 Å². The van der Waals surface area contributed by atoms with Crippen molar-refractivity contribution >= 4 is 11.8 Å². The lowest BCUT2D eigenvalue weighted by atomic mass is 10.1. The normalized spacial score (nSPS) is 14.6. The van der Waals surface area contributed by atoms with E-state index in [0.29, 0.717) is 44.5 Å². The van der Waals surface area contributed by atoms with Gasteiger partial charge in [0.05, 0.1) is 30.7 Å². The van der Waals surface area contributed by atoms with Crippen molar-refractivity contribution in [2.45, 2.75) is 26.7 Å². The molecule has 8 nitrogen and oxygen atoms in total. The summed E-state index contributed by atoms with van der Waals surface area (Å²) in [5.74, 6) is 0.709. The molecule has 0 atom stereocenters. The fourth-order valence-corrected chi connectivity index (χ4v) is 4.01. The first-order valence-corrected chi connectivity index (χ1v) is 11.4. The minimum absolute atomic E-state index is 0.0575. The summed E-state index contributed by atoms with van der Waals surface area (Å²) in [5, 5.41) is 7.71. The molecular weight excluding hydrogens is 418 g/mol. The van der Waals surface area contributed by atoms with Crippen molar-refractivity contribution in [3.8, 4) is 5.69 Å². The summed E-state index contributed by atoms with van der Waals surface area (Å²) in [4.78, 5) is 28.9. The highest BCUT2D eigenvalue weighted by Gasteiger charge is 2.24. The largest absolute Gasteiger partial charge is 0.459 e. The molecule has 3 heterocycles. The minimum Gasteiger partial charge on any atom is -0.459 e. The predicted molar refractivity (Wildman–Crippen MR) is 125 cm³/mol. The van der Waals surface area contributed by atoms with Gasteiger partial charge >= 0.3 is 0 Å². The summed E-state index contributed by atoms with van der Waals surface area (Å²) in [7, 11) is 0. The Bertz CT molecular complexity index is 1050. The fraction of sp³-hybridized carbons (Fsp3) is 0.400. The van der Waals surface area contributed by atoms with Gasteiger partial charge in [0.2, 0.25) is 5.91 Å². The van der Waals surface area contributed by atoms with Crippen LogP contribution in [0.2, 0.25) is 0 Å². The number of furan rings is 1. The molecule has 174 valence electrons. The summed E-state index contributed by atoms with van der Waals surface area (Å²) in [6.07, 6.45) is 2.64. The van der Waals surface area contributed by atoms with Crippen LogP contribution in [-0.4, -0.2) is 64.2 Å². The zero-order chi connectivity index (χ0) is 23.2. The third-order valence-corrected chi connectivity index (χ3v) is 5.68. The van der Waals surface area contributed by atoms with Gasteiger partial charge in [-0.1, -0.05) is 32.0 Å². The lowest BCUT2D eigenvalue weighted by molar-refractivity contribution is -0.121. The zero-order valence-electron chi connectivity index (χ0n) is 19.2. The topological polar surface area (TPSA) is 83.6 Å². The molecule has 1 fully saturated rings. The molecule has 1 saturated heterocycles. The molecule has 0 aliphatic carbocycles. The first-order chi connectivity index (χ1) is 16.0. The monoisotopic (exact) mass is 449 g/mol. The Labute approximate surface area is 194 Å². The van der Waals surface area contributed by atoms with Crippen LogP contribution in [-0.2, 0) is 17.6 Å². The van der Waals surface area contributed by atoms with Gasteiger partial charge < -0.3 is 14.6 Å². The van der Waals surface area contributed by atoms with Crippen LogP contribution < -0.4 is 5.32 Å². The number of piperazine rings is 1. The average molecular weight is 450 g/mol. The SMILES string of the molecule is CC(C)Cc1cc(CC(=O)NCN2CCN(C(=O)c3ccco3)CC2)nn1-c1ccccc1. The van der Waals surface area contributed by atoms with Gasteiger partial charge in [0.15, 0.2) is 5.76 Å². The number of benzene rings is 1. The number of aromatic nitrogens is 2. The molecule has 1 N–H and O–H groups in total. The van der Waals surface area contributed by atoms with Crippen LogP contribution in [0.15, 0.2) is 59.2 Å². The Morgan fingerprint density at radius 1 is 1.06 bits per heavy atom. The van der Waals surface area contributed by atoms with E-state index in [1.165, 1.54) is 6.26 Å². The zero-order valence-corrected chi connectivity index (χ0v) is 19.2. The van der Waals surface area contributed by atoms with Crippen molar-refractivity contribution in [3.63, 3.8) is 0 Å². The van der Waals surface area contributed by atoms with Crippen LogP contribution in [0.25, 0.3) is 5.69 Å². The lowest BCUT2D eigenvalue weighted by Crippen LogP contribution is -2.51. The Kier molecular flexibility index (Phi) is 7.24. The second-order valence-electron chi connectivity index (χ2n) is 8.79. The Morgan fingerprint density at radius 2 is 1.82 bits per heavy atom. The maximum Gasteiger partial charge on any atom is 0.289 e. The smallest absolute Gasteiger partial charge is 0.289 e. The maximum absolute atomic E-state index is 12.6. The number of amides is 2. The van der Waals surface area contributed by atoms with Gasteiger partial charge in [0.1, 0.15) is 0 Å². The van der Waals surface area contributed by atoms with Gasteiger partial charge in [-0.3, -0.25) is 14.5 Å². The first-order valence-electron chi connectivity index (χ1n) is 11.4. The Balaban J connectivity index is 1.29. The van der Waals surface area contributed by atoms with Crippen LogP contribution in [0.5, 0.6) is 0 Å². The fourth-order valence-electron chi connectivity index (χ4n) is 4.01. The molecule has 0 saturated carbocycles. The Morgan fingerprint density at radius 3 is 2.48 bits per heavy atom. The summed E-state index contributed by atoms with van der Waals surface area (Å²) < 4.78 is 7.14. The summed E-state index contributed by atoms with van der Waals surface area (Å²) >= 11 is 0. The summed E-state index contributed by atoms with van der Waals surface area (Å²) in [6, 6.07) is 15.4. The molecule has 2 amide bonds. The number of hydrogen-bond donors (Lipinski definition) is 1. The number of hydrogen-bond acceptors (Lipinski definition) is 5. The molecular formula is C25H31N5O3. The standard InChI is InChI=1S/C25H31N5O3/c1-19(2)15-22-16-20(27-30(22)21-7-4-3-5-8-21)17-24(31)26-18-28-10-12-29(13-11-28)25(32)23-9-6-14-33-23/h3-9,14,16,19H,10-13,15,17-18H2,1-2H3,(H,26,31). The third-order valence-electron chi connectivity index (χ3n) is 5.68. The number of carbonyl (C=O) groups excluding carboxylic acids is 2. The minimum atomic E-state index is -0.0881. The quantitative estimate of drug-likeness (QED) is 0.572. The highest BCUT2D eigenvalue weighted by atomic mass is 16.3. The molecule has 0 bridgehead atoms. The van der Waals surface area contributed by atoms with Crippen molar-refractivity contribution in [1.82, 2.24) is 24.9 Å². The van der Waals surface area contributed by atoms with E-state index in [0.717, 1.165) is 23.5 Å². The molecule has 2 aromatic heterocycles. The van der Waals surface area contributed by atoms with Crippen molar-refractivity contribution in [2.75, 3.05) is 32.8 Å². The summed E-state index contributed by atoms with van der Waals surface area (Å²) in [5.41, 5.74) is 2.87. The first kappa shape index (κ1) is 22.8.